The predicted octanol–water partition coefficient (Wildman–Crippen LogP) is 7.57. The molecule has 4 aromatic rings. The van der Waals surface area contributed by atoms with Crippen LogP contribution in [0.2, 0.25) is 10.0 Å². The summed E-state index contributed by atoms with van der Waals surface area (Å²) in [6.07, 6.45) is 0.320. The number of nitrogens with zero attached hydrogens (tertiary/aromatic N) is 2. The molecule has 0 radical (unpaired) electrons. The highest BCUT2D eigenvalue weighted by atomic mass is 35.5. The molecule has 0 amide bonds. The van der Waals surface area contributed by atoms with Crippen LogP contribution in [0.3, 0.4) is 0 Å². The zero-order chi connectivity index (χ0) is 44.2. The van der Waals surface area contributed by atoms with Gasteiger partial charge in [0.25, 0.3) is 0 Å². The third-order valence-electron chi connectivity index (χ3n) is 9.76. The molecule has 1 fully saturated rings. The van der Waals surface area contributed by atoms with E-state index < -0.39 is 15.5 Å². The van der Waals surface area contributed by atoms with Gasteiger partial charge in [0, 0.05) is 59.3 Å². The zero-order valence-electron chi connectivity index (χ0n) is 34.6. The zero-order valence-corrected chi connectivity index (χ0v) is 36.9. The fraction of sp³-hybridized carbons (Fsp3) is 0.512. The van der Waals surface area contributed by atoms with Crippen molar-refractivity contribution in [1.82, 2.24) is 9.29 Å². The number of nitrogens with one attached hydrogen (secondary N) is 1. The minimum atomic E-state index is -5.42. The van der Waals surface area contributed by atoms with Crippen molar-refractivity contribution in [2.45, 2.75) is 30.3 Å². The Labute approximate surface area is 371 Å². The molecule has 1 N–H and O–H groups in total. The molecule has 0 unspecified atom stereocenters. The van der Waals surface area contributed by atoms with Gasteiger partial charge in [-0.3, -0.25) is 0 Å². The highest BCUT2D eigenvalue weighted by Gasteiger charge is 2.50. The predicted molar refractivity (Wildman–Crippen MR) is 231 cm³/mol. The summed E-state index contributed by atoms with van der Waals surface area (Å²) in [7, 11) is -3.80. The Bertz CT molecular complexity index is 1980. The molecule has 0 aliphatic carbocycles. The largest absolute Gasteiger partial charge is 0.511 e. The first-order chi connectivity index (χ1) is 30.0. The van der Waals surface area contributed by atoms with Crippen molar-refractivity contribution < 1.29 is 59.5 Å². The van der Waals surface area contributed by atoms with Crippen LogP contribution in [-0.2, 0) is 43.2 Å². The first kappa shape index (κ1) is 49.7. The van der Waals surface area contributed by atoms with E-state index >= 15 is 0 Å². The second-order valence-corrected chi connectivity index (χ2v) is 16.9. The van der Waals surface area contributed by atoms with Gasteiger partial charge in [0.05, 0.1) is 91.4 Å². The maximum Gasteiger partial charge on any atom is 0.511 e. The van der Waals surface area contributed by atoms with Crippen LogP contribution >= 0.6 is 23.2 Å². The van der Waals surface area contributed by atoms with Crippen molar-refractivity contribution in [2.75, 3.05) is 118 Å². The molecule has 0 saturated carbocycles. The Morgan fingerprint density at radius 1 is 0.661 bits per heavy atom. The number of benzene rings is 3. The van der Waals surface area contributed by atoms with Gasteiger partial charge in [-0.05, 0) is 65.9 Å². The molecule has 1 aliphatic heterocycles. The van der Waals surface area contributed by atoms with Crippen LogP contribution < -0.4 is 10.1 Å². The van der Waals surface area contributed by atoms with Crippen LogP contribution in [0.5, 0.6) is 5.88 Å². The van der Waals surface area contributed by atoms with E-state index in [1.807, 2.05) is 66.7 Å². The number of hydrogen-bond donors (Lipinski definition) is 1. The smallest absolute Gasteiger partial charge is 0.475 e. The number of hydrogen-bond acceptors (Lipinski definition) is 12. The SMILES string of the molecule is COCCOCCOCCOCCOCCOCCOCCOc1cc(NC2CCN(S(=O)(=O)C(F)(F)F)CC2)c2cc(C(c3ccc(Cl)cc3)c3ccc(Cl)cc3)ccc2n1. The lowest BCUT2D eigenvalue weighted by Gasteiger charge is -2.32. The third-order valence-corrected chi connectivity index (χ3v) is 11.9. The first-order valence-electron chi connectivity index (χ1n) is 20.3. The van der Waals surface area contributed by atoms with Crippen LogP contribution in [-0.4, -0.2) is 142 Å². The van der Waals surface area contributed by atoms with Crippen LogP contribution in [0.25, 0.3) is 10.9 Å². The molecule has 0 bridgehead atoms. The number of alkyl halides is 3. The fourth-order valence-corrected chi connectivity index (χ4v) is 7.87. The first-order valence-corrected chi connectivity index (χ1v) is 22.5. The minimum absolute atomic E-state index is 0.160. The maximum atomic E-state index is 13.3. The molecule has 5 rings (SSSR count). The summed E-state index contributed by atoms with van der Waals surface area (Å²) in [6.45, 7) is 5.40. The van der Waals surface area contributed by atoms with Gasteiger partial charge < -0.3 is 43.2 Å². The van der Waals surface area contributed by atoms with Gasteiger partial charge >= 0.3 is 15.5 Å². The van der Waals surface area contributed by atoms with E-state index in [0.29, 0.717) is 111 Å². The molecule has 19 heteroatoms. The molecule has 1 aliphatic rings. The molecule has 62 heavy (non-hydrogen) atoms. The Morgan fingerprint density at radius 3 is 1.55 bits per heavy atom. The molecular weight excluding hydrogens is 878 g/mol. The number of anilines is 1. The van der Waals surface area contributed by atoms with Gasteiger partial charge in [-0.1, -0.05) is 53.5 Å². The third kappa shape index (κ3) is 15.7. The topological polar surface area (TPSA) is 136 Å². The molecule has 13 nitrogen and oxygen atoms in total. The van der Waals surface area contributed by atoms with E-state index in [1.54, 1.807) is 13.2 Å². The lowest BCUT2D eigenvalue weighted by molar-refractivity contribution is -0.0494. The lowest BCUT2D eigenvalue weighted by atomic mass is 9.84. The molecule has 2 heterocycles. The van der Waals surface area contributed by atoms with E-state index in [9.17, 15) is 21.6 Å². The summed E-state index contributed by atoms with van der Waals surface area (Å²) in [5.74, 6) is 0.106. The highest BCUT2D eigenvalue weighted by molar-refractivity contribution is 7.90. The number of rotatable bonds is 28. The van der Waals surface area contributed by atoms with Crippen molar-refractivity contribution in [2.24, 2.45) is 0 Å². The lowest BCUT2D eigenvalue weighted by Crippen LogP contribution is -2.47. The highest BCUT2D eigenvalue weighted by Crippen LogP contribution is 2.38. The fourth-order valence-electron chi connectivity index (χ4n) is 6.64. The van der Waals surface area contributed by atoms with Gasteiger partial charge in [-0.25, -0.2) is 13.4 Å². The minimum Gasteiger partial charge on any atom is -0.475 e. The average Bonchev–Trinajstić information content (AvgIpc) is 3.25. The standard InChI is InChI=1S/C43H54Cl2F3N3O10S/c1-54-16-17-55-18-19-56-20-21-57-22-23-58-24-25-59-26-27-60-28-29-61-41-31-40(49-37-12-14-51(15-13-37)62(52,53)43(46,47)48)38-30-34(6-11-39(38)50-41)42(32-2-7-35(44)8-3-32)33-4-9-36(45)10-5-33/h2-11,30-31,37,42H,12-29H2,1H3,(H,49,50). The Morgan fingerprint density at radius 2 is 1.10 bits per heavy atom. The van der Waals surface area contributed by atoms with Gasteiger partial charge in [0.15, 0.2) is 0 Å². The van der Waals surface area contributed by atoms with Crippen molar-refractivity contribution in [1.29, 1.82) is 0 Å². The Kier molecular flexibility index (Phi) is 20.7. The molecule has 0 atom stereocenters. The number of methoxy groups -OCH3 is 1. The van der Waals surface area contributed by atoms with Crippen LogP contribution in [0.15, 0.2) is 72.8 Å². The second-order valence-electron chi connectivity index (χ2n) is 14.1. The molecule has 1 saturated heterocycles. The van der Waals surface area contributed by atoms with Crippen molar-refractivity contribution in [3.8, 4) is 5.88 Å². The van der Waals surface area contributed by atoms with E-state index in [1.165, 1.54) is 0 Å². The van der Waals surface area contributed by atoms with Crippen molar-refractivity contribution >= 4 is 49.8 Å². The van der Waals surface area contributed by atoms with E-state index in [4.69, 9.17) is 66.1 Å². The number of piperidine rings is 1. The summed E-state index contributed by atoms with van der Waals surface area (Å²) >= 11 is 12.5. The summed E-state index contributed by atoms with van der Waals surface area (Å²) < 4.78 is 108. The van der Waals surface area contributed by atoms with Gasteiger partial charge in [-0.2, -0.15) is 17.5 Å². The Hall–Kier alpha value is -3.33. The molecule has 1 aromatic heterocycles. The Balaban J connectivity index is 1.13. The van der Waals surface area contributed by atoms with Crippen molar-refractivity contribution in [3.63, 3.8) is 0 Å². The number of sulfonamides is 1. The molecule has 0 spiro atoms. The molecule has 3 aromatic carbocycles. The number of aromatic nitrogens is 1. The van der Waals surface area contributed by atoms with Gasteiger partial charge in [-0.15, -0.1) is 0 Å². The van der Waals surface area contributed by atoms with Crippen LogP contribution in [0.4, 0.5) is 18.9 Å². The summed E-state index contributed by atoms with van der Waals surface area (Å²) in [5, 5.41) is 5.42. The second kappa shape index (κ2) is 25.8. The average molecular weight is 933 g/mol. The molecular formula is C43H54Cl2F3N3O10S. The quantitative estimate of drug-likeness (QED) is 0.0445. The van der Waals surface area contributed by atoms with Crippen molar-refractivity contribution in [3.05, 3.63) is 99.5 Å². The monoisotopic (exact) mass is 931 g/mol. The molecule has 342 valence electrons. The van der Waals surface area contributed by atoms with Gasteiger partial charge in [0.1, 0.15) is 6.61 Å². The summed E-state index contributed by atoms with van der Waals surface area (Å²) in [5.41, 5.74) is -1.18. The number of fused-ring (bicyclic) bond motifs is 1. The van der Waals surface area contributed by atoms with Crippen LogP contribution in [0, 0.1) is 0 Å². The van der Waals surface area contributed by atoms with E-state index in [0.717, 1.165) is 22.1 Å². The number of ether oxygens (including phenoxy) is 8. The summed E-state index contributed by atoms with van der Waals surface area (Å²) in [4.78, 5) is 4.76. The van der Waals surface area contributed by atoms with Crippen LogP contribution in [0.1, 0.15) is 35.4 Å². The maximum absolute atomic E-state index is 13.3. The van der Waals surface area contributed by atoms with Gasteiger partial charge in [0.2, 0.25) is 5.88 Å². The number of pyridine rings is 1. The van der Waals surface area contributed by atoms with E-state index in [2.05, 4.69) is 5.32 Å². The van der Waals surface area contributed by atoms with E-state index in [-0.39, 0.29) is 51.1 Å². The summed E-state index contributed by atoms with van der Waals surface area (Å²) in [6, 6.07) is 22.5. The normalized spacial score (nSPS) is 14.2. The number of halogens is 5.